The van der Waals surface area contributed by atoms with Gasteiger partial charge in [0.05, 0.1) is 17.2 Å². The van der Waals surface area contributed by atoms with Gasteiger partial charge in [-0.3, -0.25) is 4.79 Å². The summed E-state index contributed by atoms with van der Waals surface area (Å²) >= 11 is 11.4. The molecule has 0 N–H and O–H groups in total. The largest absolute Gasteiger partial charge is 0.803 e. The monoisotopic (exact) mass is 303 g/mol. The van der Waals surface area contributed by atoms with E-state index in [9.17, 15) is 20.0 Å². The fourth-order valence-corrected chi connectivity index (χ4v) is 1.85. The number of nitrogens with zero attached hydrogens (tertiary/aromatic N) is 2. The summed E-state index contributed by atoms with van der Waals surface area (Å²) in [5.41, 5.74) is -2.82. The van der Waals surface area contributed by atoms with Crippen LogP contribution in [-0.4, -0.2) is 17.8 Å². The van der Waals surface area contributed by atoms with Gasteiger partial charge in [-0.15, -0.1) is 0 Å². The maximum absolute atomic E-state index is 11.9. The molecule has 0 radical (unpaired) electrons. The lowest BCUT2D eigenvalue weighted by Gasteiger charge is -2.15. The Morgan fingerprint density at radius 3 is 2.53 bits per heavy atom. The van der Waals surface area contributed by atoms with Crippen LogP contribution in [0.2, 0.25) is 10.0 Å². The molecule has 0 amide bonds. The minimum absolute atomic E-state index is 0.000108. The quantitative estimate of drug-likeness (QED) is 0.446. The number of esters is 1. The summed E-state index contributed by atoms with van der Waals surface area (Å²) < 4.78 is 4.17. The van der Waals surface area contributed by atoms with E-state index in [1.54, 1.807) is 0 Å². The van der Waals surface area contributed by atoms with Gasteiger partial charge in [0.2, 0.25) is 5.52 Å². The average molecular weight is 304 g/mol. The molecule has 19 heavy (non-hydrogen) atoms. The third-order valence-electron chi connectivity index (χ3n) is 2.42. The molecule has 0 aliphatic carbocycles. The van der Waals surface area contributed by atoms with E-state index in [0.717, 1.165) is 19.2 Å². The highest BCUT2D eigenvalue weighted by Gasteiger charge is 2.26. The molecule has 1 heterocycles. The van der Waals surface area contributed by atoms with Gasteiger partial charge in [-0.05, 0) is 6.07 Å². The van der Waals surface area contributed by atoms with Crippen molar-refractivity contribution in [3.05, 3.63) is 48.6 Å². The molecule has 100 valence electrons. The Morgan fingerprint density at radius 2 is 1.95 bits per heavy atom. The summed E-state index contributed by atoms with van der Waals surface area (Å²) in [5, 5.41) is 23.7. The van der Waals surface area contributed by atoms with E-state index in [-0.39, 0.29) is 30.5 Å². The number of benzene rings is 1. The lowest BCUT2D eigenvalue weighted by atomic mass is 10.3. The highest BCUT2D eigenvalue weighted by atomic mass is 35.5. The van der Waals surface area contributed by atoms with Crippen LogP contribution in [0.4, 0.5) is 0 Å². The Balaban J connectivity index is 3.00. The standard InChI is InChI=1S/C10H5Cl2N2O5/c1-19-10(16)8-9(15)14(18)7-3-5(12)4(11)2-6(7)13(8)17/h2-3H,1H3/q-1. The Hall–Kier alpha value is -1.99. The maximum Gasteiger partial charge on any atom is 0.410 e. The van der Waals surface area contributed by atoms with Crippen molar-refractivity contribution < 1.29 is 14.3 Å². The number of hydrogen-bond acceptors (Lipinski definition) is 5. The Morgan fingerprint density at radius 1 is 1.37 bits per heavy atom. The molecule has 7 nitrogen and oxygen atoms in total. The van der Waals surface area contributed by atoms with E-state index >= 15 is 0 Å². The molecule has 0 spiro atoms. The second-order valence-corrected chi connectivity index (χ2v) is 4.30. The second-order valence-electron chi connectivity index (χ2n) is 3.49. The fourth-order valence-electron chi connectivity index (χ4n) is 1.53. The predicted octanol–water partition coefficient (Wildman–Crippen LogP) is 1.07. The minimum Gasteiger partial charge on any atom is -0.803 e. The van der Waals surface area contributed by atoms with Gasteiger partial charge >= 0.3 is 17.2 Å². The van der Waals surface area contributed by atoms with Gasteiger partial charge in [-0.25, -0.2) is 4.79 Å². The van der Waals surface area contributed by atoms with Gasteiger partial charge in [-0.1, -0.05) is 23.2 Å². The third kappa shape index (κ3) is 1.96. The number of ether oxygens (including phenoxy) is 1. The predicted molar refractivity (Wildman–Crippen MR) is 67.3 cm³/mol. The smallest absolute Gasteiger partial charge is 0.410 e. The van der Waals surface area contributed by atoms with Gasteiger partial charge in [0, 0.05) is 6.07 Å². The van der Waals surface area contributed by atoms with E-state index in [0.29, 0.717) is 0 Å². The maximum atomic E-state index is 11.9. The molecule has 0 atom stereocenters. The summed E-state index contributed by atoms with van der Waals surface area (Å²) in [6.07, 6.45) is 0. The average Bonchev–Trinajstić information content (AvgIpc) is 2.38. The third-order valence-corrected chi connectivity index (χ3v) is 3.15. The molecule has 1 aromatic carbocycles. The fraction of sp³-hybridized carbons (Fsp3) is 0.100. The van der Waals surface area contributed by atoms with Gasteiger partial charge in [0.1, 0.15) is 5.52 Å². The van der Waals surface area contributed by atoms with Crippen molar-refractivity contribution in [2.45, 2.75) is 0 Å². The van der Waals surface area contributed by atoms with Crippen LogP contribution in [0.15, 0.2) is 16.9 Å². The van der Waals surface area contributed by atoms with Gasteiger partial charge < -0.3 is 19.9 Å². The summed E-state index contributed by atoms with van der Waals surface area (Å²) in [4.78, 5) is 23.0. The van der Waals surface area contributed by atoms with Crippen LogP contribution in [0.5, 0.6) is 0 Å². The molecule has 0 aliphatic heterocycles. The molecular weight excluding hydrogens is 299 g/mol. The van der Waals surface area contributed by atoms with Crippen molar-refractivity contribution in [2.75, 3.05) is 7.11 Å². The van der Waals surface area contributed by atoms with Crippen molar-refractivity contribution in [3.63, 3.8) is 0 Å². The number of aromatic nitrogens is 2. The van der Waals surface area contributed by atoms with Crippen LogP contribution in [0.1, 0.15) is 10.5 Å². The Labute approximate surface area is 115 Å². The number of fused-ring (bicyclic) bond motifs is 1. The molecule has 0 fully saturated rings. The summed E-state index contributed by atoms with van der Waals surface area (Å²) in [6, 6.07) is 2.16. The Kier molecular flexibility index (Phi) is 3.25. The van der Waals surface area contributed by atoms with Crippen LogP contribution < -0.4 is 10.3 Å². The number of halogens is 2. The van der Waals surface area contributed by atoms with Crippen molar-refractivity contribution in [1.29, 1.82) is 0 Å². The molecule has 0 saturated heterocycles. The van der Waals surface area contributed by atoms with E-state index in [2.05, 4.69) is 4.74 Å². The highest BCUT2D eigenvalue weighted by Crippen LogP contribution is 2.25. The molecule has 0 unspecified atom stereocenters. The number of rotatable bonds is 1. The molecule has 2 rings (SSSR count). The van der Waals surface area contributed by atoms with Crippen LogP contribution in [0.3, 0.4) is 0 Å². The van der Waals surface area contributed by atoms with Crippen molar-refractivity contribution in [1.82, 2.24) is 4.73 Å². The van der Waals surface area contributed by atoms with E-state index in [1.807, 2.05) is 0 Å². The first-order valence-corrected chi connectivity index (χ1v) is 5.57. The zero-order chi connectivity index (χ0) is 14.3. The first-order valence-electron chi connectivity index (χ1n) is 4.81. The summed E-state index contributed by atoms with van der Waals surface area (Å²) in [6.45, 7) is 0. The molecule has 9 heteroatoms. The van der Waals surface area contributed by atoms with Crippen LogP contribution in [-0.2, 0) is 4.74 Å². The van der Waals surface area contributed by atoms with Crippen LogP contribution in [0, 0.1) is 10.4 Å². The molecular formula is C10H5Cl2N2O5-. The molecule has 2 aromatic rings. The van der Waals surface area contributed by atoms with Crippen molar-refractivity contribution in [3.8, 4) is 0 Å². The number of carbonyl (C=O) groups is 1. The van der Waals surface area contributed by atoms with Crippen molar-refractivity contribution in [2.24, 2.45) is 0 Å². The number of carbonyl (C=O) groups excluding carboxylic acids is 1. The van der Waals surface area contributed by atoms with Gasteiger partial charge in [0.15, 0.2) is 0 Å². The molecule has 1 aromatic heterocycles. The summed E-state index contributed by atoms with van der Waals surface area (Å²) in [5.74, 6) is -1.21. The minimum atomic E-state index is -1.33. The second kappa shape index (κ2) is 4.60. The van der Waals surface area contributed by atoms with Crippen LogP contribution in [0.25, 0.3) is 11.0 Å². The highest BCUT2D eigenvalue weighted by molar-refractivity contribution is 6.42. The lowest BCUT2D eigenvalue weighted by Crippen LogP contribution is -2.45. The van der Waals surface area contributed by atoms with Crippen LogP contribution >= 0.6 is 23.2 Å². The normalized spacial score (nSPS) is 10.7. The summed E-state index contributed by atoms with van der Waals surface area (Å²) in [7, 11) is 0.982. The first kappa shape index (κ1) is 13.4. The zero-order valence-electron chi connectivity index (χ0n) is 9.35. The number of hydrogen-bond donors (Lipinski definition) is 0. The molecule has 0 aliphatic rings. The number of methoxy groups -OCH3 is 1. The topological polar surface area (TPSA) is 98.3 Å². The zero-order valence-corrected chi connectivity index (χ0v) is 10.9. The molecule has 0 bridgehead atoms. The molecule has 0 saturated carbocycles. The van der Waals surface area contributed by atoms with E-state index in [4.69, 9.17) is 23.2 Å². The van der Waals surface area contributed by atoms with Gasteiger partial charge in [0.25, 0.3) is 0 Å². The lowest BCUT2D eigenvalue weighted by molar-refractivity contribution is -0.581. The van der Waals surface area contributed by atoms with E-state index in [1.165, 1.54) is 0 Å². The van der Waals surface area contributed by atoms with E-state index < -0.39 is 17.2 Å². The SMILES string of the molecule is COC(=O)c1c(=O)n([O-])c2cc(Cl)c(Cl)cc2[n+]1[O-]. The first-order chi connectivity index (χ1) is 8.88. The van der Waals surface area contributed by atoms with Crippen molar-refractivity contribution >= 4 is 40.2 Å². The van der Waals surface area contributed by atoms with Gasteiger partial charge in [-0.2, -0.15) is 4.73 Å². The Bertz CT molecular complexity index is 756.